The summed E-state index contributed by atoms with van der Waals surface area (Å²) >= 11 is 0. The Bertz CT molecular complexity index is 1090. The van der Waals surface area contributed by atoms with Crippen molar-refractivity contribution in [2.24, 2.45) is 0 Å². The number of allylic oxidation sites excluding steroid dienone is 7. The first-order valence-electron chi connectivity index (χ1n) is 11.3. The Hall–Kier alpha value is -3.35. The summed E-state index contributed by atoms with van der Waals surface area (Å²) in [5.74, 6) is 1.56. The number of hydrogen-bond acceptors (Lipinski definition) is 5. The molecule has 7 heteroatoms. The summed E-state index contributed by atoms with van der Waals surface area (Å²) in [5.41, 5.74) is 2.65. The number of hydrogen-bond donors (Lipinski definition) is 3. The molecule has 7 nitrogen and oxygen atoms in total. The number of aromatic amines is 1. The minimum Gasteiger partial charge on any atom is -0.508 e. The molecule has 0 aliphatic heterocycles. The van der Waals surface area contributed by atoms with Gasteiger partial charge in [0.05, 0.1) is 12.2 Å². The Morgan fingerprint density at radius 3 is 2.88 bits per heavy atom. The predicted molar refractivity (Wildman–Crippen MR) is 131 cm³/mol. The van der Waals surface area contributed by atoms with Crippen LogP contribution in [0.5, 0.6) is 0 Å². The maximum absolute atomic E-state index is 12.6. The minimum atomic E-state index is -0.184. The normalized spacial score (nSPS) is 14.7. The van der Waals surface area contributed by atoms with Crippen LogP contribution in [0.4, 0.5) is 0 Å². The van der Waals surface area contributed by atoms with Crippen molar-refractivity contribution in [3.8, 4) is 0 Å². The first-order valence-corrected chi connectivity index (χ1v) is 11.3. The third-order valence-corrected chi connectivity index (χ3v) is 5.08. The number of aliphatic hydroxyl groups is 1. The zero-order chi connectivity index (χ0) is 23.5. The molecule has 2 heterocycles. The van der Waals surface area contributed by atoms with Gasteiger partial charge in [-0.1, -0.05) is 44.6 Å². The van der Waals surface area contributed by atoms with Crippen LogP contribution in [0, 0.1) is 0 Å². The first-order chi connectivity index (χ1) is 15.5. The van der Waals surface area contributed by atoms with E-state index in [1.807, 2.05) is 32.1 Å². The number of rotatable bonds is 9. The molecule has 0 spiro atoms. The van der Waals surface area contributed by atoms with Crippen LogP contribution < -0.4 is 10.9 Å². The van der Waals surface area contributed by atoms with Gasteiger partial charge in [0.2, 0.25) is 0 Å². The molecule has 0 fully saturated rings. The van der Waals surface area contributed by atoms with E-state index in [1.165, 1.54) is 16.2 Å². The van der Waals surface area contributed by atoms with Crippen LogP contribution in [0.25, 0.3) is 5.78 Å². The van der Waals surface area contributed by atoms with Crippen LogP contribution in [0.2, 0.25) is 0 Å². The van der Waals surface area contributed by atoms with Crippen LogP contribution >= 0.6 is 0 Å². The molecule has 0 bridgehead atoms. The summed E-state index contributed by atoms with van der Waals surface area (Å²) in [7, 11) is 0. The van der Waals surface area contributed by atoms with Crippen molar-refractivity contribution in [2.75, 3.05) is 0 Å². The molecule has 0 aromatic carbocycles. The van der Waals surface area contributed by atoms with Crippen molar-refractivity contribution in [3.63, 3.8) is 0 Å². The fourth-order valence-corrected chi connectivity index (χ4v) is 3.29. The molecular formula is C25H35N5O2. The van der Waals surface area contributed by atoms with Gasteiger partial charge in [-0.15, -0.1) is 6.58 Å². The van der Waals surface area contributed by atoms with E-state index in [0.29, 0.717) is 24.4 Å². The Morgan fingerprint density at radius 1 is 1.38 bits per heavy atom. The van der Waals surface area contributed by atoms with E-state index in [0.717, 1.165) is 30.8 Å². The average Bonchev–Trinajstić information content (AvgIpc) is 3.10. The van der Waals surface area contributed by atoms with Crippen molar-refractivity contribution in [3.05, 3.63) is 88.0 Å². The number of aliphatic hydroxyl groups excluding tert-OH is 1. The molecule has 172 valence electrons. The highest BCUT2D eigenvalue weighted by Crippen LogP contribution is 2.22. The van der Waals surface area contributed by atoms with Crippen LogP contribution in [0.15, 0.2) is 70.9 Å². The molecule has 0 amide bonds. The number of nitrogens with one attached hydrogen (secondary N) is 2. The van der Waals surface area contributed by atoms with Crippen LogP contribution in [-0.2, 0) is 6.54 Å². The smallest absolute Gasteiger partial charge is 0.274 e. The fraction of sp³-hybridized carbons (Fsp3) is 0.400. The quantitative estimate of drug-likeness (QED) is 0.467. The van der Waals surface area contributed by atoms with E-state index >= 15 is 0 Å². The zero-order valence-corrected chi connectivity index (χ0v) is 19.6. The number of H-pyrrole nitrogens is 1. The lowest BCUT2D eigenvalue weighted by molar-refractivity contribution is 0.432. The Kier molecular flexibility index (Phi) is 9.73. The number of fused-ring (bicyclic) bond motifs is 1. The third-order valence-electron chi connectivity index (χ3n) is 5.08. The molecule has 0 saturated heterocycles. The molecule has 1 atom stereocenters. The van der Waals surface area contributed by atoms with Gasteiger partial charge < -0.3 is 10.4 Å². The molecular weight excluding hydrogens is 402 g/mol. The fourth-order valence-electron chi connectivity index (χ4n) is 3.29. The van der Waals surface area contributed by atoms with Crippen molar-refractivity contribution < 1.29 is 5.11 Å². The monoisotopic (exact) mass is 437 g/mol. The van der Waals surface area contributed by atoms with Crippen molar-refractivity contribution >= 4 is 5.78 Å². The number of aromatic nitrogens is 4. The first kappa shape index (κ1) is 24.9. The minimum absolute atomic E-state index is 0.184. The van der Waals surface area contributed by atoms with Gasteiger partial charge in [-0.2, -0.15) is 9.50 Å². The van der Waals surface area contributed by atoms with E-state index in [-0.39, 0.29) is 17.2 Å². The van der Waals surface area contributed by atoms with Crippen molar-refractivity contribution in [1.29, 1.82) is 0 Å². The maximum atomic E-state index is 12.6. The highest BCUT2D eigenvalue weighted by Gasteiger charge is 2.15. The van der Waals surface area contributed by atoms with E-state index in [1.54, 1.807) is 12.2 Å². The molecule has 3 rings (SSSR count). The average molecular weight is 438 g/mol. The summed E-state index contributed by atoms with van der Waals surface area (Å²) in [5, 5.41) is 15.9. The molecule has 1 unspecified atom stereocenters. The lowest BCUT2D eigenvalue weighted by Crippen LogP contribution is -2.20. The van der Waals surface area contributed by atoms with E-state index in [9.17, 15) is 9.90 Å². The van der Waals surface area contributed by atoms with Gasteiger partial charge in [0, 0.05) is 24.1 Å². The Labute approximate surface area is 190 Å². The number of nitrogens with zero attached hydrogens (tertiary/aromatic N) is 3. The maximum Gasteiger partial charge on any atom is 0.274 e. The van der Waals surface area contributed by atoms with E-state index in [4.69, 9.17) is 0 Å². The molecule has 1 aliphatic carbocycles. The molecule has 0 saturated carbocycles. The molecule has 32 heavy (non-hydrogen) atoms. The van der Waals surface area contributed by atoms with Gasteiger partial charge in [0.25, 0.3) is 11.3 Å². The topological polar surface area (TPSA) is 95.3 Å². The van der Waals surface area contributed by atoms with Crippen LogP contribution in [-0.4, -0.2) is 24.7 Å². The van der Waals surface area contributed by atoms with Crippen molar-refractivity contribution in [2.45, 2.75) is 65.8 Å². The van der Waals surface area contributed by atoms with E-state index < -0.39 is 0 Å². The van der Waals surface area contributed by atoms with Gasteiger partial charge in [-0.05, 0) is 44.4 Å². The summed E-state index contributed by atoms with van der Waals surface area (Å²) in [6.07, 6.45) is 14.4. The van der Waals surface area contributed by atoms with Crippen molar-refractivity contribution in [1.82, 2.24) is 24.9 Å². The Morgan fingerprint density at radius 2 is 2.16 bits per heavy atom. The second kappa shape index (κ2) is 12.5. The van der Waals surface area contributed by atoms with Gasteiger partial charge in [-0.3, -0.25) is 9.89 Å². The summed E-state index contributed by atoms with van der Waals surface area (Å²) in [6.45, 7) is 12.4. The highest BCUT2D eigenvalue weighted by atomic mass is 16.3. The second-order valence-corrected chi connectivity index (χ2v) is 7.46. The molecule has 1 aliphatic rings. The van der Waals surface area contributed by atoms with Gasteiger partial charge in [0.15, 0.2) is 0 Å². The lowest BCUT2D eigenvalue weighted by Gasteiger charge is -2.09. The molecule has 2 aromatic rings. The predicted octanol–water partition coefficient (Wildman–Crippen LogP) is 5.23. The SMILES string of the molecule is C=CC/C(C)=C\CC(CC)c1nc2nc(CNC3=CC=C(O)C=CC3)cc(=O)n2[nH]1.CC. The van der Waals surface area contributed by atoms with E-state index in [2.05, 4.69) is 46.9 Å². The van der Waals surface area contributed by atoms with Gasteiger partial charge in [0.1, 0.15) is 11.6 Å². The van der Waals surface area contributed by atoms with Crippen LogP contribution in [0.1, 0.15) is 70.8 Å². The highest BCUT2D eigenvalue weighted by molar-refractivity contribution is 5.30. The Balaban J connectivity index is 0.00000176. The van der Waals surface area contributed by atoms with Gasteiger partial charge in [-0.25, -0.2) is 4.98 Å². The molecule has 3 N–H and O–H groups in total. The van der Waals surface area contributed by atoms with Gasteiger partial charge >= 0.3 is 0 Å². The standard InChI is InChI=1S/C23H29N5O2.C2H6/c1-4-7-16(3)10-11-17(5-2)22-26-23-25-19(14-21(30)28(23)27-22)15-24-18-8-6-9-20(29)13-12-18;1-2/h4,6,9-10,12-14,17,24,29H,1,5,7-8,11,15H2,2-3H3,(H,25,26,27);1-2H3/b16-10-;. The molecule has 0 radical (unpaired) electrons. The second-order valence-electron chi connectivity index (χ2n) is 7.46. The zero-order valence-electron chi connectivity index (χ0n) is 19.6. The molecule has 2 aromatic heterocycles. The summed E-state index contributed by atoms with van der Waals surface area (Å²) in [4.78, 5) is 21.7. The van der Waals surface area contributed by atoms with Crippen LogP contribution in [0.3, 0.4) is 0 Å². The largest absolute Gasteiger partial charge is 0.508 e. The lowest BCUT2D eigenvalue weighted by atomic mass is 9.99. The third kappa shape index (κ3) is 6.83. The summed E-state index contributed by atoms with van der Waals surface area (Å²) in [6, 6.07) is 1.51. The summed E-state index contributed by atoms with van der Waals surface area (Å²) < 4.78 is 1.40.